The quantitative estimate of drug-likeness (QED) is 0.942. The molecule has 5 heteroatoms. The van der Waals surface area contributed by atoms with Crippen LogP contribution in [0.3, 0.4) is 0 Å². The van der Waals surface area contributed by atoms with Crippen molar-refractivity contribution in [3.8, 4) is 0 Å². The molecule has 0 unspecified atom stereocenters. The van der Waals surface area contributed by atoms with Gasteiger partial charge in [0.1, 0.15) is 5.82 Å². The Labute approximate surface area is 125 Å². The second-order valence-corrected chi connectivity index (χ2v) is 6.21. The van der Waals surface area contributed by atoms with Gasteiger partial charge in [-0.05, 0) is 42.3 Å². The minimum Gasteiger partial charge on any atom is -0.322 e. The molecule has 0 saturated heterocycles. The van der Waals surface area contributed by atoms with Crippen molar-refractivity contribution < 1.29 is 13.4 Å². The molecule has 0 aliphatic heterocycles. The van der Waals surface area contributed by atoms with E-state index in [9.17, 15) is 13.4 Å². The summed E-state index contributed by atoms with van der Waals surface area (Å²) < 4.78 is 24.5. The maximum absolute atomic E-state index is 13.1. The third-order valence-corrected chi connectivity index (χ3v) is 3.86. The third-order valence-electron chi connectivity index (χ3n) is 3.14. The second-order valence-electron chi connectivity index (χ2n) is 4.77. The largest absolute Gasteiger partial charge is 0.322 e. The summed E-state index contributed by atoms with van der Waals surface area (Å²) in [6.45, 7) is 1.86. The lowest BCUT2D eigenvalue weighted by molar-refractivity contribution is 0.102. The van der Waals surface area contributed by atoms with Crippen molar-refractivity contribution in [2.24, 2.45) is 0 Å². The van der Waals surface area contributed by atoms with E-state index in [-0.39, 0.29) is 11.5 Å². The highest BCUT2D eigenvalue weighted by atomic mass is 32.2. The molecule has 0 saturated carbocycles. The van der Waals surface area contributed by atoms with Crippen LogP contribution in [0, 0.1) is 12.7 Å². The summed E-state index contributed by atoms with van der Waals surface area (Å²) in [5.41, 5.74) is 2.71. The van der Waals surface area contributed by atoms with Gasteiger partial charge in [-0.1, -0.05) is 18.2 Å². The van der Waals surface area contributed by atoms with Gasteiger partial charge in [0.2, 0.25) is 0 Å². The first kappa shape index (κ1) is 15.4. The van der Waals surface area contributed by atoms with Crippen LogP contribution in [0.1, 0.15) is 21.5 Å². The van der Waals surface area contributed by atoms with E-state index in [1.165, 1.54) is 18.2 Å². The standard InChI is InChI=1S/C16H16FNO2S/c1-11-13(10-21(2)20)6-4-8-15(11)18-16(19)12-5-3-7-14(17)9-12/h3-9H,10H2,1-2H3,(H,18,19)/t21-/m1/s1. The number of carbonyl (C=O) groups excluding carboxylic acids is 1. The minimum atomic E-state index is -0.949. The number of rotatable bonds is 4. The molecule has 0 bridgehead atoms. The van der Waals surface area contributed by atoms with E-state index < -0.39 is 16.6 Å². The molecule has 0 aliphatic rings. The van der Waals surface area contributed by atoms with E-state index >= 15 is 0 Å². The normalized spacial score (nSPS) is 12.0. The molecule has 1 atom stereocenters. The fourth-order valence-corrected chi connectivity index (χ4v) is 2.77. The maximum atomic E-state index is 13.1. The van der Waals surface area contributed by atoms with Gasteiger partial charge in [0.05, 0.1) is 0 Å². The Morgan fingerprint density at radius 2 is 1.95 bits per heavy atom. The molecule has 0 fully saturated rings. The van der Waals surface area contributed by atoms with Crippen LogP contribution in [0.2, 0.25) is 0 Å². The number of carbonyl (C=O) groups is 1. The Morgan fingerprint density at radius 1 is 1.24 bits per heavy atom. The Kier molecular flexibility index (Phi) is 4.85. The molecule has 21 heavy (non-hydrogen) atoms. The van der Waals surface area contributed by atoms with E-state index in [0.29, 0.717) is 11.4 Å². The summed E-state index contributed by atoms with van der Waals surface area (Å²) in [6, 6.07) is 11.0. The lowest BCUT2D eigenvalue weighted by Crippen LogP contribution is -2.13. The van der Waals surface area contributed by atoms with Crippen LogP contribution in [0.4, 0.5) is 10.1 Å². The average molecular weight is 305 g/mol. The van der Waals surface area contributed by atoms with Crippen LogP contribution < -0.4 is 5.32 Å². The van der Waals surface area contributed by atoms with Gasteiger partial charge >= 0.3 is 0 Å². The summed E-state index contributed by atoms with van der Waals surface area (Å²) in [5.74, 6) is -0.378. The Bertz CT molecular complexity index is 700. The summed E-state index contributed by atoms with van der Waals surface area (Å²) >= 11 is 0. The third kappa shape index (κ3) is 3.98. The van der Waals surface area contributed by atoms with Crippen LogP contribution in [0.15, 0.2) is 42.5 Å². The highest BCUT2D eigenvalue weighted by Crippen LogP contribution is 2.21. The number of hydrogen-bond acceptors (Lipinski definition) is 2. The van der Waals surface area contributed by atoms with Gasteiger partial charge in [-0.3, -0.25) is 9.00 Å². The predicted octanol–water partition coefficient (Wildman–Crippen LogP) is 3.26. The van der Waals surface area contributed by atoms with E-state index in [1.54, 1.807) is 24.5 Å². The van der Waals surface area contributed by atoms with Crippen molar-refractivity contribution in [1.82, 2.24) is 0 Å². The summed E-state index contributed by atoms with van der Waals surface area (Å²) in [4.78, 5) is 12.1. The van der Waals surface area contributed by atoms with Gasteiger partial charge in [0.15, 0.2) is 0 Å². The van der Waals surface area contributed by atoms with Gasteiger partial charge in [-0.15, -0.1) is 0 Å². The molecule has 0 aliphatic carbocycles. The molecule has 0 aromatic heterocycles. The zero-order valence-electron chi connectivity index (χ0n) is 11.9. The van der Waals surface area contributed by atoms with Crippen molar-refractivity contribution in [2.75, 3.05) is 11.6 Å². The van der Waals surface area contributed by atoms with Crippen molar-refractivity contribution in [3.05, 3.63) is 65.0 Å². The lowest BCUT2D eigenvalue weighted by atomic mass is 10.1. The van der Waals surface area contributed by atoms with Crippen LogP contribution in [0.25, 0.3) is 0 Å². The van der Waals surface area contributed by atoms with Crippen molar-refractivity contribution in [3.63, 3.8) is 0 Å². The monoisotopic (exact) mass is 305 g/mol. The molecule has 110 valence electrons. The number of nitrogens with one attached hydrogen (secondary N) is 1. The average Bonchev–Trinajstić information content (AvgIpc) is 2.42. The number of halogens is 1. The zero-order chi connectivity index (χ0) is 15.4. The molecule has 2 aromatic rings. The van der Waals surface area contributed by atoms with Gasteiger partial charge in [0, 0.05) is 34.1 Å². The first-order chi connectivity index (χ1) is 9.97. The lowest BCUT2D eigenvalue weighted by Gasteiger charge is -2.12. The zero-order valence-corrected chi connectivity index (χ0v) is 12.7. The smallest absolute Gasteiger partial charge is 0.255 e. The fraction of sp³-hybridized carbons (Fsp3) is 0.188. The van der Waals surface area contributed by atoms with Gasteiger partial charge in [0.25, 0.3) is 5.91 Å². The van der Waals surface area contributed by atoms with Crippen molar-refractivity contribution >= 4 is 22.4 Å². The molecule has 3 nitrogen and oxygen atoms in total. The fourth-order valence-electron chi connectivity index (χ4n) is 2.02. The second kappa shape index (κ2) is 6.63. The van der Waals surface area contributed by atoms with E-state index in [1.807, 2.05) is 13.0 Å². The topological polar surface area (TPSA) is 46.2 Å². The number of amides is 1. The molecular weight excluding hydrogens is 289 g/mol. The highest BCUT2D eigenvalue weighted by Gasteiger charge is 2.10. The van der Waals surface area contributed by atoms with Gasteiger partial charge in [-0.2, -0.15) is 0 Å². The van der Waals surface area contributed by atoms with E-state index in [2.05, 4.69) is 5.32 Å². The van der Waals surface area contributed by atoms with Crippen LogP contribution >= 0.6 is 0 Å². The van der Waals surface area contributed by atoms with Gasteiger partial charge < -0.3 is 5.32 Å². The van der Waals surface area contributed by atoms with Crippen LogP contribution in [-0.4, -0.2) is 16.4 Å². The summed E-state index contributed by atoms with van der Waals surface area (Å²) in [5, 5.41) is 2.76. The molecule has 2 aromatic carbocycles. The minimum absolute atomic E-state index is 0.263. The highest BCUT2D eigenvalue weighted by molar-refractivity contribution is 7.83. The van der Waals surface area contributed by atoms with Crippen LogP contribution in [-0.2, 0) is 16.6 Å². The Hall–Kier alpha value is -2.01. The molecule has 2 rings (SSSR count). The number of hydrogen-bond donors (Lipinski definition) is 1. The molecule has 1 N–H and O–H groups in total. The summed E-state index contributed by atoms with van der Waals surface area (Å²) in [7, 11) is -0.949. The van der Waals surface area contributed by atoms with E-state index in [4.69, 9.17) is 0 Å². The van der Waals surface area contributed by atoms with Gasteiger partial charge in [-0.25, -0.2) is 4.39 Å². The Balaban J connectivity index is 2.23. The maximum Gasteiger partial charge on any atom is 0.255 e. The predicted molar refractivity (Wildman–Crippen MR) is 83.3 cm³/mol. The number of anilines is 1. The van der Waals surface area contributed by atoms with Crippen molar-refractivity contribution in [2.45, 2.75) is 12.7 Å². The van der Waals surface area contributed by atoms with Crippen LogP contribution in [0.5, 0.6) is 0 Å². The molecule has 0 spiro atoms. The molecule has 1 amide bonds. The first-order valence-electron chi connectivity index (χ1n) is 6.43. The SMILES string of the molecule is Cc1c(C[S@@](C)=O)cccc1NC(=O)c1cccc(F)c1. The van der Waals surface area contributed by atoms with Crippen molar-refractivity contribution in [1.29, 1.82) is 0 Å². The molecule has 0 heterocycles. The molecular formula is C16H16FNO2S. The molecule has 0 radical (unpaired) electrons. The number of benzene rings is 2. The Morgan fingerprint density at radius 3 is 2.62 bits per heavy atom. The van der Waals surface area contributed by atoms with E-state index in [0.717, 1.165) is 11.1 Å². The summed E-state index contributed by atoms with van der Waals surface area (Å²) in [6.07, 6.45) is 1.64. The first-order valence-corrected chi connectivity index (χ1v) is 8.15.